The summed E-state index contributed by atoms with van der Waals surface area (Å²) in [7, 11) is 0. The monoisotopic (exact) mass is 324 g/mol. The lowest BCUT2D eigenvalue weighted by Gasteiger charge is -2.23. The fourth-order valence-electron chi connectivity index (χ4n) is 1.83. The molecule has 2 aromatic rings. The van der Waals surface area contributed by atoms with Gasteiger partial charge in [0.1, 0.15) is 5.60 Å². The predicted molar refractivity (Wildman–Crippen MR) is 87.1 cm³/mol. The first-order valence-electron chi connectivity index (χ1n) is 6.44. The number of benzene rings is 1. The van der Waals surface area contributed by atoms with Crippen molar-refractivity contribution in [3.63, 3.8) is 0 Å². The van der Waals surface area contributed by atoms with E-state index in [1.54, 1.807) is 19.1 Å². The van der Waals surface area contributed by atoms with Crippen molar-refractivity contribution >= 4 is 34.7 Å². The lowest BCUT2D eigenvalue weighted by atomic mass is 9.99. The lowest BCUT2D eigenvalue weighted by Crippen LogP contribution is -2.40. The van der Waals surface area contributed by atoms with Gasteiger partial charge in [0, 0.05) is 0 Å². The standard InChI is InChI=1S/C15H17ClN2O2S/c1-10-3-4-12(16)13(7-10)18-14(19)17-9-15(2,20)11-5-6-21-8-11/h3-8,20H,9H2,1-2H3,(H2,17,18,19). The molecule has 1 unspecified atom stereocenters. The molecule has 21 heavy (non-hydrogen) atoms. The number of amides is 2. The van der Waals surface area contributed by atoms with Crippen LogP contribution in [0.5, 0.6) is 0 Å². The zero-order chi connectivity index (χ0) is 15.5. The van der Waals surface area contributed by atoms with Gasteiger partial charge in [-0.25, -0.2) is 4.79 Å². The molecule has 2 rings (SSSR count). The highest BCUT2D eigenvalue weighted by Crippen LogP contribution is 2.24. The van der Waals surface area contributed by atoms with Crippen molar-refractivity contribution in [3.8, 4) is 0 Å². The van der Waals surface area contributed by atoms with Crippen LogP contribution in [0.2, 0.25) is 5.02 Å². The average Bonchev–Trinajstić information content (AvgIpc) is 2.96. The van der Waals surface area contributed by atoms with E-state index in [1.807, 2.05) is 29.8 Å². The molecular weight excluding hydrogens is 308 g/mol. The Morgan fingerprint density at radius 3 is 2.86 bits per heavy atom. The molecule has 0 fully saturated rings. The maximum absolute atomic E-state index is 11.9. The molecular formula is C15H17ClN2O2S. The Morgan fingerprint density at radius 2 is 2.19 bits per heavy atom. The number of carbonyl (C=O) groups is 1. The minimum atomic E-state index is -1.10. The summed E-state index contributed by atoms with van der Waals surface area (Å²) in [5.74, 6) is 0. The minimum Gasteiger partial charge on any atom is -0.384 e. The molecule has 0 aliphatic rings. The summed E-state index contributed by atoms with van der Waals surface area (Å²) in [6, 6.07) is 6.82. The van der Waals surface area contributed by atoms with E-state index >= 15 is 0 Å². The van der Waals surface area contributed by atoms with Crippen LogP contribution >= 0.6 is 22.9 Å². The highest BCUT2D eigenvalue weighted by Gasteiger charge is 2.24. The number of hydrogen-bond donors (Lipinski definition) is 3. The molecule has 0 radical (unpaired) electrons. The van der Waals surface area contributed by atoms with Gasteiger partial charge in [0.25, 0.3) is 0 Å². The summed E-state index contributed by atoms with van der Waals surface area (Å²) in [4.78, 5) is 11.9. The van der Waals surface area contributed by atoms with Gasteiger partial charge in [0.15, 0.2) is 0 Å². The number of aryl methyl sites for hydroxylation is 1. The van der Waals surface area contributed by atoms with Crippen LogP contribution in [0.3, 0.4) is 0 Å². The summed E-state index contributed by atoms with van der Waals surface area (Å²) in [5, 5.41) is 19.9. The third kappa shape index (κ3) is 4.20. The van der Waals surface area contributed by atoms with E-state index in [0.29, 0.717) is 10.7 Å². The van der Waals surface area contributed by atoms with Crippen molar-refractivity contribution in [2.75, 3.05) is 11.9 Å². The number of rotatable bonds is 4. The number of nitrogens with one attached hydrogen (secondary N) is 2. The van der Waals surface area contributed by atoms with Gasteiger partial charge in [-0.2, -0.15) is 11.3 Å². The van der Waals surface area contributed by atoms with Gasteiger partial charge >= 0.3 is 6.03 Å². The Hall–Kier alpha value is -1.56. The predicted octanol–water partition coefficient (Wildman–Crippen LogP) is 3.74. The summed E-state index contributed by atoms with van der Waals surface area (Å²) in [6.07, 6.45) is 0. The van der Waals surface area contributed by atoms with Crippen molar-refractivity contribution in [2.45, 2.75) is 19.4 Å². The first kappa shape index (κ1) is 15.8. The van der Waals surface area contributed by atoms with E-state index in [0.717, 1.165) is 11.1 Å². The molecule has 3 N–H and O–H groups in total. The molecule has 0 aliphatic heterocycles. The van der Waals surface area contributed by atoms with Crippen LogP contribution in [-0.4, -0.2) is 17.7 Å². The van der Waals surface area contributed by atoms with Gasteiger partial charge in [0.2, 0.25) is 0 Å². The molecule has 1 aromatic heterocycles. The highest BCUT2D eigenvalue weighted by molar-refractivity contribution is 7.08. The smallest absolute Gasteiger partial charge is 0.319 e. The van der Waals surface area contributed by atoms with E-state index in [4.69, 9.17) is 11.6 Å². The van der Waals surface area contributed by atoms with Gasteiger partial charge in [0.05, 0.1) is 17.3 Å². The molecule has 1 atom stereocenters. The fourth-order valence-corrected chi connectivity index (χ4v) is 2.77. The van der Waals surface area contributed by atoms with Crippen molar-refractivity contribution in [1.82, 2.24) is 5.32 Å². The number of thiophene rings is 1. The number of halogens is 1. The van der Waals surface area contributed by atoms with E-state index in [-0.39, 0.29) is 6.54 Å². The van der Waals surface area contributed by atoms with Gasteiger partial charge in [-0.3, -0.25) is 0 Å². The second kappa shape index (κ2) is 6.47. The number of urea groups is 1. The molecule has 1 heterocycles. The maximum atomic E-state index is 11.9. The second-order valence-electron chi connectivity index (χ2n) is 5.08. The number of aliphatic hydroxyl groups is 1. The lowest BCUT2D eigenvalue weighted by molar-refractivity contribution is 0.0604. The maximum Gasteiger partial charge on any atom is 0.319 e. The number of carbonyl (C=O) groups excluding carboxylic acids is 1. The first-order valence-corrected chi connectivity index (χ1v) is 7.76. The minimum absolute atomic E-state index is 0.110. The Balaban J connectivity index is 1.95. The van der Waals surface area contributed by atoms with Crippen LogP contribution in [0.4, 0.5) is 10.5 Å². The Morgan fingerprint density at radius 1 is 1.43 bits per heavy atom. The van der Waals surface area contributed by atoms with Crippen LogP contribution in [0, 0.1) is 6.92 Å². The van der Waals surface area contributed by atoms with Crippen molar-refractivity contribution < 1.29 is 9.90 Å². The first-order chi connectivity index (χ1) is 9.88. The van der Waals surface area contributed by atoms with Crippen LogP contribution in [-0.2, 0) is 5.60 Å². The molecule has 1 aromatic carbocycles. The molecule has 6 heteroatoms. The Labute approximate surface area is 132 Å². The molecule has 0 saturated heterocycles. The topological polar surface area (TPSA) is 61.4 Å². The molecule has 112 valence electrons. The number of hydrogen-bond acceptors (Lipinski definition) is 3. The molecule has 0 saturated carbocycles. The van der Waals surface area contributed by atoms with Crippen LogP contribution in [0.15, 0.2) is 35.0 Å². The zero-order valence-electron chi connectivity index (χ0n) is 11.8. The molecule has 2 amide bonds. The third-order valence-corrected chi connectivity index (χ3v) is 4.12. The fraction of sp³-hybridized carbons (Fsp3) is 0.267. The molecule has 0 spiro atoms. The van der Waals surface area contributed by atoms with Crippen molar-refractivity contribution in [3.05, 3.63) is 51.2 Å². The van der Waals surface area contributed by atoms with Gasteiger partial charge in [-0.05, 0) is 53.9 Å². The Kier molecular flexibility index (Phi) is 4.88. The van der Waals surface area contributed by atoms with Crippen molar-refractivity contribution in [2.24, 2.45) is 0 Å². The van der Waals surface area contributed by atoms with Crippen LogP contribution < -0.4 is 10.6 Å². The second-order valence-corrected chi connectivity index (χ2v) is 6.26. The van der Waals surface area contributed by atoms with Crippen LogP contribution in [0.25, 0.3) is 0 Å². The third-order valence-electron chi connectivity index (χ3n) is 3.11. The van der Waals surface area contributed by atoms with E-state index < -0.39 is 11.6 Å². The van der Waals surface area contributed by atoms with Gasteiger partial charge in [-0.1, -0.05) is 17.7 Å². The summed E-state index contributed by atoms with van der Waals surface area (Å²) in [6.45, 7) is 3.69. The molecule has 4 nitrogen and oxygen atoms in total. The van der Waals surface area contributed by atoms with E-state index in [2.05, 4.69) is 10.6 Å². The normalized spacial score (nSPS) is 13.5. The zero-order valence-corrected chi connectivity index (χ0v) is 13.4. The summed E-state index contributed by atoms with van der Waals surface area (Å²) >= 11 is 7.52. The SMILES string of the molecule is Cc1ccc(Cl)c(NC(=O)NCC(C)(O)c2ccsc2)c1. The van der Waals surface area contributed by atoms with Gasteiger partial charge in [-0.15, -0.1) is 0 Å². The van der Waals surface area contributed by atoms with Gasteiger partial charge < -0.3 is 15.7 Å². The van der Waals surface area contributed by atoms with E-state index in [9.17, 15) is 9.90 Å². The quantitative estimate of drug-likeness (QED) is 0.802. The summed E-state index contributed by atoms with van der Waals surface area (Å²) < 4.78 is 0. The highest BCUT2D eigenvalue weighted by atomic mass is 35.5. The van der Waals surface area contributed by atoms with Crippen LogP contribution in [0.1, 0.15) is 18.1 Å². The van der Waals surface area contributed by atoms with Crippen molar-refractivity contribution in [1.29, 1.82) is 0 Å². The largest absolute Gasteiger partial charge is 0.384 e. The molecule has 0 aliphatic carbocycles. The Bertz CT molecular complexity index is 627. The summed E-state index contributed by atoms with van der Waals surface area (Å²) in [5.41, 5.74) is 1.22. The van der Waals surface area contributed by atoms with E-state index in [1.165, 1.54) is 11.3 Å². The number of anilines is 1. The average molecular weight is 325 g/mol. The molecule has 0 bridgehead atoms.